The molecule has 1 aliphatic rings. The van der Waals surface area contributed by atoms with Crippen molar-refractivity contribution in [2.24, 2.45) is 5.92 Å². The van der Waals surface area contributed by atoms with E-state index >= 15 is 0 Å². The number of hydrogen-bond donors (Lipinski definition) is 2. The van der Waals surface area contributed by atoms with Gasteiger partial charge < -0.3 is 5.73 Å². The van der Waals surface area contributed by atoms with Crippen molar-refractivity contribution in [3.63, 3.8) is 0 Å². The molecule has 2 heterocycles. The molecule has 0 radical (unpaired) electrons. The van der Waals surface area contributed by atoms with Gasteiger partial charge in [0.05, 0.1) is 17.2 Å². The Kier molecular flexibility index (Phi) is 3.19. The molecule has 1 aliphatic heterocycles. The Morgan fingerprint density at radius 2 is 2.06 bits per heavy atom. The first kappa shape index (κ1) is 12.1. The summed E-state index contributed by atoms with van der Waals surface area (Å²) < 4.78 is 22.5. The average molecular weight is 257 g/mol. The first-order valence-electron chi connectivity index (χ1n) is 5.51. The largest absolute Gasteiger partial charge is 0.394 e. The fraction of sp³-hybridized carbons (Fsp3) is 0.600. The second kappa shape index (κ2) is 4.48. The van der Waals surface area contributed by atoms with Crippen LogP contribution in [0.1, 0.15) is 18.5 Å². The highest BCUT2D eigenvalue weighted by molar-refractivity contribution is 7.91. The number of nitrogens with two attached hydrogens (primary N) is 1. The number of sulfone groups is 1. The van der Waals surface area contributed by atoms with Crippen molar-refractivity contribution in [1.29, 1.82) is 0 Å². The van der Waals surface area contributed by atoms with Crippen LogP contribution in [0, 0.1) is 5.92 Å². The molecular formula is C10H15N3O3S. The van der Waals surface area contributed by atoms with Gasteiger partial charge >= 0.3 is 0 Å². The fourth-order valence-electron chi connectivity index (χ4n) is 2.01. The average Bonchev–Trinajstić information content (AvgIpc) is 2.27. The van der Waals surface area contributed by atoms with E-state index in [1.165, 1.54) is 0 Å². The Morgan fingerprint density at radius 3 is 2.65 bits per heavy atom. The lowest BCUT2D eigenvalue weighted by atomic mass is 9.97. The van der Waals surface area contributed by atoms with Crippen molar-refractivity contribution in [2.75, 3.05) is 17.2 Å². The van der Waals surface area contributed by atoms with Crippen molar-refractivity contribution in [1.82, 2.24) is 10.2 Å². The van der Waals surface area contributed by atoms with Crippen molar-refractivity contribution in [3.05, 3.63) is 22.1 Å². The lowest BCUT2D eigenvalue weighted by molar-refractivity contribution is 0.457. The van der Waals surface area contributed by atoms with E-state index in [-0.39, 0.29) is 22.8 Å². The normalized spacial score (nSPS) is 20.2. The molecule has 0 amide bonds. The van der Waals surface area contributed by atoms with E-state index in [9.17, 15) is 13.2 Å². The van der Waals surface area contributed by atoms with Crippen molar-refractivity contribution in [3.8, 4) is 0 Å². The Balaban J connectivity index is 2.02. The van der Waals surface area contributed by atoms with Gasteiger partial charge in [-0.3, -0.25) is 4.79 Å². The topological polar surface area (TPSA) is 106 Å². The number of rotatable bonds is 2. The van der Waals surface area contributed by atoms with Crippen LogP contribution in [-0.4, -0.2) is 30.1 Å². The molecule has 0 bridgehead atoms. The summed E-state index contributed by atoms with van der Waals surface area (Å²) in [5.74, 6) is 0.795. The maximum absolute atomic E-state index is 11.3. The molecule has 1 saturated heterocycles. The molecule has 0 unspecified atom stereocenters. The van der Waals surface area contributed by atoms with Gasteiger partial charge in [-0.1, -0.05) is 0 Å². The summed E-state index contributed by atoms with van der Waals surface area (Å²) in [5.41, 5.74) is 5.97. The van der Waals surface area contributed by atoms with Crippen molar-refractivity contribution >= 4 is 15.5 Å². The molecule has 1 aromatic rings. The number of nitrogens with zero attached hydrogens (tertiary/aromatic N) is 1. The molecule has 3 N–H and O–H groups in total. The van der Waals surface area contributed by atoms with Crippen LogP contribution in [0.4, 0.5) is 5.69 Å². The second-order valence-corrected chi connectivity index (χ2v) is 6.75. The Bertz CT molecular complexity index is 550. The van der Waals surface area contributed by atoms with Crippen LogP contribution in [0.5, 0.6) is 0 Å². The minimum Gasteiger partial charge on any atom is -0.394 e. The van der Waals surface area contributed by atoms with Gasteiger partial charge in [0.25, 0.3) is 5.56 Å². The van der Waals surface area contributed by atoms with Gasteiger partial charge in [0, 0.05) is 0 Å². The molecule has 94 valence electrons. The molecule has 0 aliphatic carbocycles. The van der Waals surface area contributed by atoms with Gasteiger partial charge in [-0.2, -0.15) is 5.10 Å². The molecule has 1 fully saturated rings. The minimum absolute atomic E-state index is 0.151. The molecular weight excluding hydrogens is 242 g/mol. The quantitative estimate of drug-likeness (QED) is 0.758. The number of nitrogens with one attached hydrogen (secondary N) is 1. The second-order valence-electron chi connectivity index (χ2n) is 4.44. The molecule has 7 heteroatoms. The SMILES string of the molecule is Nc1cc(CC2CCS(=O)(=O)CC2)n[nH]c1=O. The standard InChI is InChI=1S/C10H15N3O3S/c11-9-6-8(12-13-10(9)14)5-7-1-3-17(15,16)4-2-7/h6-7H,1-5H2,(H2,11,12)(H,13,14). The number of H-pyrrole nitrogens is 1. The van der Waals surface area contributed by atoms with Crippen LogP contribution in [0.25, 0.3) is 0 Å². The van der Waals surface area contributed by atoms with E-state index in [1.54, 1.807) is 6.07 Å². The smallest absolute Gasteiger partial charge is 0.287 e. The summed E-state index contributed by atoms with van der Waals surface area (Å²) in [4.78, 5) is 11.0. The van der Waals surface area contributed by atoms with E-state index in [0.717, 1.165) is 0 Å². The summed E-state index contributed by atoms with van der Waals surface area (Å²) in [6.07, 6.45) is 1.97. The molecule has 0 spiro atoms. The summed E-state index contributed by atoms with van der Waals surface area (Å²) in [5, 5.41) is 6.23. The van der Waals surface area contributed by atoms with Crippen LogP contribution in [-0.2, 0) is 16.3 Å². The number of aromatic nitrogens is 2. The number of aromatic amines is 1. The zero-order valence-corrected chi connectivity index (χ0v) is 10.2. The molecule has 0 aromatic carbocycles. The molecule has 1 aromatic heterocycles. The Labute approximate surface area is 99.1 Å². The zero-order valence-electron chi connectivity index (χ0n) is 9.35. The monoisotopic (exact) mass is 257 g/mol. The molecule has 0 saturated carbocycles. The van der Waals surface area contributed by atoms with E-state index < -0.39 is 9.84 Å². The van der Waals surface area contributed by atoms with E-state index in [4.69, 9.17) is 5.73 Å². The van der Waals surface area contributed by atoms with E-state index in [2.05, 4.69) is 10.2 Å². The highest BCUT2D eigenvalue weighted by Gasteiger charge is 2.24. The maximum Gasteiger partial charge on any atom is 0.287 e. The van der Waals surface area contributed by atoms with Crippen LogP contribution in [0.3, 0.4) is 0 Å². The summed E-state index contributed by atoms with van der Waals surface area (Å²) in [6.45, 7) is 0. The van der Waals surface area contributed by atoms with Crippen LogP contribution >= 0.6 is 0 Å². The van der Waals surface area contributed by atoms with Gasteiger partial charge in [-0.25, -0.2) is 13.5 Å². The van der Waals surface area contributed by atoms with Crippen LogP contribution < -0.4 is 11.3 Å². The van der Waals surface area contributed by atoms with E-state index in [0.29, 0.717) is 30.9 Å². The molecule has 6 nitrogen and oxygen atoms in total. The van der Waals surface area contributed by atoms with Gasteiger partial charge in [0.2, 0.25) is 0 Å². The third-order valence-corrected chi connectivity index (χ3v) is 4.77. The Morgan fingerprint density at radius 1 is 1.41 bits per heavy atom. The van der Waals surface area contributed by atoms with Gasteiger partial charge in [0.1, 0.15) is 15.5 Å². The zero-order chi connectivity index (χ0) is 12.5. The molecule has 2 rings (SSSR count). The first-order chi connectivity index (χ1) is 7.96. The number of hydrogen-bond acceptors (Lipinski definition) is 5. The summed E-state index contributed by atoms with van der Waals surface area (Å²) in [7, 11) is -2.83. The van der Waals surface area contributed by atoms with Crippen LogP contribution in [0.2, 0.25) is 0 Å². The van der Waals surface area contributed by atoms with E-state index in [1.807, 2.05) is 0 Å². The minimum atomic E-state index is -2.83. The number of anilines is 1. The van der Waals surface area contributed by atoms with Crippen LogP contribution in [0.15, 0.2) is 10.9 Å². The molecule has 0 atom stereocenters. The maximum atomic E-state index is 11.3. The first-order valence-corrected chi connectivity index (χ1v) is 7.33. The third kappa shape index (κ3) is 3.06. The predicted octanol–water partition coefficient (Wildman–Crippen LogP) is -0.281. The van der Waals surface area contributed by atoms with Gasteiger partial charge in [-0.05, 0) is 31.2 Å². The third-order valence-electron chi connectivity index (χ3n) is 3.06. The highest BCUT2D eigenvalue weighted by Crippen LogP contribution is 2.22. The van der Waals surface area contributed by atoms with Gasteiger partial charge in [0.15, 0.2) is 0 Å². The summed E-state index contributed by atoms with van der Waals surface area (Å²) in [6, 6.07) is 1.56. The Hall–Kier alpha value is -1.37. The lowest BCUT2D eigenvalue weighted by Gasteiger charge is -2.21. The molecule has 17 heavy (non-hydrogen) atoms. The highest BCUT2D eigenvalue weighted by atomic mass is 32.2. The van der Waals surface area contributed by atoms with Gasteiger partial charge in [-0.15, -0.1) is 0 Å². The summed E-state index contributed by atoms with van der Waals surface area (Å²) >= 11 is 0. The number of nitrogen functional groups attached to an aromatic ring is 1. The predicted molar refractivity (Wildman–Crippen MR) is 64.4 cm³/mol. The fourth-order valence-corrected chi connectivity index (χ4v) is 3.60. The van der Waals surface area contributed by atoms with Crippen molar-refractivity contribution in [2.45, 2.75) is 19.3 Å². The lowest BCUT2D eigenvalue weighted by Crippen LogP contribution is -2.25. The van der Waals surface area contributed by atoms with Crippen molar-refractivity contribution < 1.29 is 8.42 Å².